The number of hydrogen-bond acceptors (Lipinski definition) is 5. The molecule has 3 aromatic carbocycles. The Bertz CT molecular complexity index is 1080. The van der Waals surface area contributed by atoms with Crippen molar-refractivity contribution in [2.24, 2.45) is 5.16 Å². The molecular formula is C26H26Cl2N2O3. The average molecular weight is 485 g/mol. The lowest BCUT2D eigenvalue weighted by molar-refractivity contribution is 0.0213. The minimum absolute atomic E-state index is 0.152. The van der Waals surface area contributed by atoms with E-state index in [9.17, 15) is 5.11 Å². The summed E-state index contributed by atoms with van der Waals surface area (Å²) in [6.07, 6.45) is -0.196. The van der Waals surface area contributed by atoms with Crippen LogP contribution in [0.3, 0.4) is 0 Å². The Balaban J connectivity index is 1.39. The van der Waals surface area contributed by atoms with Crippen molar-refractivity contribution in [1.29, 1.82) is 0 Å². The van der Waals surface area contributed by atoms with Crippen LogP contribution in [0.2, 0.25) is 10.0 Å². The van der Waals surface area contributed by atoms with Gasteiger partial charge in [-0.3, -0.25) is 4.90 Å². The van der Waals surface area contributed by atoms with Crippen molar-refractivity contribution in [2.75, 3.05) is 19.7 Å². The Morgan fingerprint density at radius 3 is 2.42 bits per heavy atom. The van der Waals surface area contributed by atoms with Gasteiger partial charge in [0.05, 0.1) is 5.71 Å². The van der Waals surface area contributed by atoms with Gasteiger partial charge in [-0.1, -0.05) is 83.0 Å². The van der Waals surface area contributed by atoms with Crippen LogP contribution in [0.4, 0.5) is 0 Å². The normalized spacial score (nSPS) is 16.4. The summed E-state index contributed by atoms with van der Waals surface area (Å²) in [5, 5.41) is 16.3. The first kappa shape index (κ1) is 23.6. The third-order valence-electron chi connectivity index (χ3n) is 5.39. The maximum atomic E-state index is 10.7. The predicted octanol–water partition coefficient (Wildman–Crippen LogP) is 5.43. The van der Waals surface area contributed by atoms with Gasteiger partial charge in [-0.25, -0.2) is 0 Å². The maximum absolute atomic E-state index is 10.7. The quantitative estimate of drug-likeness (QED) is 0.416. The van der Waals surface area contributed by atoms with E-state index in [-0.39, 0.29) is 12.7 Å². The van der Waals surface area contributed by atoms with Crippen molar-refractivity contribution in [3.8, 4) is 5.75 Å². The van der Waals surface area contributed by atoms with Crippen molar-refractivity contribution >= 4 is 28.9 Å². The number of hydrogen-bond donors (Lipinski definition) is 1. The molecule has 0 aliphatic carbocycles. The summed E-state index contributed by atoms with van der Waals surface area (Å²) in [5.41, 5.74) is 2.70. The summed E-state index contributed by atoms with van der Waals surface area (Å²) in [6.45, 7) is 1.74. The van der Waals surface area contributed by atoms with Crippen LogP contribution >= 0.6 is 23.2 Å². The molecule has 172 valence electrons. The lowest BCUT2D eigenvalue weighted by Crippen LogP contribution is -2.39. The molecule has 0 unspecified atom stereocenters. The lowest BCUT2D eigenvalue weighted by atomic mass is 10.0. The Kier molecular flexibility index (Phi) is 8.24. The van der Waals surface area contributed by atoms with Crippen LogP contribution in [-0.2, 0) is 11.4 Å². The molecule has 33 heavy (non-hydrogen) atoms. The van der Waals surface area contributed by atoms with Crippen LogP contribution in [0, 0.1) is 0 Å². The van der Waals surface area contributed by atoms with Gasteiger partial charge in [-0.15, -0.1) is 0 Å². The van der Waals surface area contributed by atoms with Crippen LogP contribution in [0.5, 0.6) is 5.75 Å². The molecule has 4 rings (SSSR count). The molecular weight excluding hydrogens is 459 g/mol. The number of para-hydroxylation sites is 1. The fourth-order valence-electron chi connectivity index (χ4n) is 3.80. The van der Waals surface area contributed by atoms with E-state index in [1.807, 2.05) is 78.9 Å². The van der Waals surface area contributed by atoms with Gasteiger partial charge < -0.3 is 14.7 Å². The second kappa shape index (κ2) is 11.5. The average Bonchev–Trinajstić information content (AvgIpc) is 3.28. The molecule has 0 spiro atoms. The third-order valence-corrected chi connectivity index (χ3v) is 6.08. The first-order chi connectivity index (χ1) is 16.1. The maximum Gasteiger partial charge on any atom is 0.145 e. The molecule has 0 radical (unpaired) electrons. The summed E-state index contributed by atoms with van der Waals surface area (Å²) in [5.74, 6) is 0.728. The molecule has 0 saturated carbocycles. The van der Waals surface area contributed by atoms with Crippen molar-refractivity contribution in [3.63, 3.8) is 0 Å². The summed E-state index contributed by atoms with van der Waals surface area (Å²) in [7, 11) is 0. The highest BCUT2D eigenvalue weighted by molar-refractivity contribution is 6.34. The van der Waals surface area contributed by atoms with Gasteiger partial charge in [0.1, 0.15) is 24.6 Å². The molecule has 5 nitrogen and oxygen atoms in total. The van der Waals surface area contributed by atoms with Gasteiger partial charge in [-0.2, -0.15) is 0 Å². The molecule has 0 bridgehead atoms. The third kappa shape index (κ3) is 6.71. The van der Waals surface area contributed by atoms with Crippen LogP contribution in [0.25, 0.3) is 0 Å². The molecule has 1 aliphatic rings. The number of benzene rings is 3. The van der Waals surface area contributed by atoms with Gasteiger partial charge in [0.2, 0.25) is 0 Å². The van der Waals surface area contributed by atoms with Crippen LogP contribution in [-0.4, -0.2) is 47.6 Å². The Labute approximate surface area is 204 Å². The summed E-state index contributed by atoms with van der Waals surface area (Å²) in [4.78, 5) is 7.85. The zero-order valence-electron chi connectivity index (χ0n) is 18.1. The minimum atomic E-state index is -0.682. The van der Waals surface area contributed by atoms with Crippen LogP contribution in [0.15, 0.2) is 84.0 Å². The zero-order chi connectivity index (χ0) is 23.0. The summed E-state index contributed by atoms with van der Waals surface area (Å²) in [6, 6.07) is 24.8. The summed E-state index contributed by atoms with van der Waals surface area (Å²) >= 11 is 12.7. The standard InChI is InChI=1S/C26H26Cl2N2O3/c27-24-12-6-4-8-19(24)15-30(16-20(31)18-32-21-9-2-1-3-10-21)17-22-14-26(29-33-22)23-11-5-7-13-25(23)28/h1-13,20,22,31H,14-18H2/t20-,22+/m0/s1. The monoisotopic (exact) mass is 484 g/mol. The predicted molar refractivity (Wildman–Crippen MR) is 132 cm³/mol. The largest absolute Gasteiger partial charge is 0.491 e. The van der Waals surface area contributed by atoms with E-state index in [0.29, 0.717) is 36.1 Å². The molecule has 3 aromatic rings. The highest BCUT2D eigenvalue weighted by atomic mass is 35.5. The Morgan fingerprint density at radius 1 is 0.970 bits per heavy atom. The van der Waals surface area contributed by atoms with Crippen molar-refractivity contribution < 1.29 is 14.7 Å². The SMILES string of the molecule is O[C@H](COc1ccccc1)CN(Cc1ccccc1Cl)C[C@H]1CC(c2ccccc2Cl)=NO1. The number of halogens is 2. The fraction of sp³-hybridized carbons (Fsp3) is 0.269. The molecule has 1 heterocycles. The van der Waals surface area contributed by atoms with Crippen molar-refractivity contribution in [1.82, 2.24) is 4.90 Å². The Morgan fingerprint density at radius 2 is 1.67 bits per heavy atom. The van der Waals surface area contributed by atoms with E-state index < -0.39 is 6.10 Å². The van der Waals surface area contributed by atoms with Gasteiger partial charge in [-0.05, 0) is 29.8 Å². The molecule has 1 aliphatic heterocycles. The molecule has 0 aromatic heterocycles. The fourth-order valence-corrected chi connectivity index (χ4v) is 4.24. The molecule has 2 atom stereocenters. The number of ether oxygens (including phenoxy) is 1. The van der Waals surface area contributed by atoms with E-state index in [0.717, 1.165) is 22.6 Å². The Hall–Kier alpha value is -2.57. The van der Waals surface area contributed by atoms with E-state index in [2.05, 4.69) is 10.1 Å². The van der Waals surface area contributed by atoms with Crippen LogP contribution in [0.1, 0.15) is 17.5 Å². The lowest BCUT2D eigenvalue weighted by Gasteiger charge is -2.27. The number of oxime groups is 1. The van der Waals surface area contributed by atoms with E-state index >= 15 is 0 Å². The highest BCUT2D eigenvalue weighted by Gasteiger charge is 2.27. The van der Waals surface area contributed by atoms with Gasteiger partial charge in [0.15, 0.2) is 0 Å². The van der Waals surface area contributed by atoms with Gasteiger partial charge >= 0.3 is 0 Å². The zero-order valence-corrected chi connectivity index (χ0v) is 19.6. The number of nitrogens with zero attached hydrogens (tertiary/aromatic N) is 2. The molecule has 0 saturated heterocycles. The van der Waals surface area contributed by atoms with Gasteiger partial charge in [0.25, 0.3) is 0 Å². The smallest absolute Gasteiger partial charge is 0.145 e. The minimum Gasteiger partial charge on any atom is -0.491 e. The van der Waals surface area contributed by atoms with Gasteiger partial charge in [0, 0.05) is 41.7 Å². The van der Waals surface area contributed by atoms with Crippen molar-refractivity contribution in [2.45, 2.75) is 25.2 Å². The number of rotatable bonds is 10. The van der Waals surface area contributed by atoms with Crippen molar-refractivity contribution in [3.05, 3.63) is 100 Å². The van der Waals surface area contributed by atoms with Crippen LogP contribution < -0.4 is 4.74 Å². The number of aliphatic hydroxyl groups is 1. The van der Waals surface area contributed by atoms with E-state index in [1.54, 1.807) is 0 Å². The second-order valence-electron chi connectivity index (χ2n) is 8.01. The molecule has 0 fully saturated rings. The first-order valence-electron chi connectivity index (χ1n) is 10.9. The molecule has 1 N–H and O–H groups in total. The number of aliphatic hydroxyl groups excluding tert-OH is 1. The topological polar surface area (TPSA) is 54.3 Å². The van der Waals surface area contributed by atoms with E-state index in [4.69, 9.17) is 32.8 Å². The highest BCUT2D eigenvalue weighted by Crippen LogP contribution is 2.24. The van der Waals surface area contributed by atoms with E-state index in [1.165, 1.54) is 0 Å². The molecule has 7 heteroatoms. The molecule has 0 amide bonds. The second-order valence-corrected chi connectivity index (χ2v) is 8.83. The summed E-state index contributed by atoms with van der Waals surface area (Å²) < 4.78 is 5.73. The first-order valence-corrected chi connectivity index (χ1v) is 11.6.